The molecule has 5 heteroatoms. The molecule has 1 aliphatic rings. The maximum absolute atomic E-state index is 13.1. The highest BCUT2D eigenvalue weighted by molar-refractivity contribution is 8.14. The minimum absolute atomic E-state index is 0.174. The molecule has 1 aliphatic heterocycles. The van der Waals surface area contributed by atoms with Gasteiger partial charge in [0.1, 0.15) is 5.70 Å². The molecule has 1 heterocycles. The van der Waals surface area contributed by atoms with Crippen LogP contribution in [0.15, 0.2) is 65.8 Å². The predicted molar refractivity (Wildman–Crippen MR) is 118 cm³/mol. The fourth-order valence-corrected chi connectivity index (χ4v) is 3.80. The Morgan fingerprint density at radius 1 is 1.22 bits per heavy atom. The van der Waals surface area contributed by atoms with E-state index in [0.717, 1.165) is 17.5 Å². The Bertz CT molecular complexity index is 932. The smallest absolute Gasteiger partial charge is 0.266 e. The molecule has 138 valence electrons. The van der Waals surface area contributed by atoms with Crippen molar-refractivity contribution in [2.45, 2.75) is 20.3 Å². The van der Waals surface area contributed by atoms with Gasteiger partial charge >= 0.3 is 0 Å². The van der Waals surface area contributed by atoms with Gasteiger partial charge in [0.25, 0.3) is 5.91 Å². The van der Waals surface area contributed by atoms with Gasteiger partial charge in [0.2, 0.25) is 0 Å². The number of aliphatic imine (C=N–C) groups is 1. The third-order valence-corrected chi connectivity index (χ3v) is 5.43. The molecule has 0 radical (unpaired) electrons. The standard InChI is InChI=1S/C22H21ClN2OS/c1-4-12-27-22-24-19(14-17-9-7-16(5-2)8-10-17)21(26)25(22)20-11-6-15(3)13-18(20)23/h4,6-11,13-14H,1,5,12H2,2-3H3. The molecule has 3 rings (SSSR count). The average molecular weight is 397 g/mol. The van der Waals surface area contributed by atoms with E-state index in [1.807, 2.05) is 43.3 Å². The van der Waals surface area contributed by atoms with E-state index < -0.39 is 0 Å². The molecule has 0 saturated carbocycles. The molecule has 0 fully saturated rings. The molecule has 3 nitrogen and oxygen atoms in total. The van der Waals surface area contributed by atoms with E-state index >= 15 is 0 Å². The lowest BCUT2D eigenvalue weighted by Crippen LogP contribution is -2.30. The van der Waals surface area contributed by atoms with E-state index in [-0.39, 0.29) is 5.91 Å². The molecular formula is C22H21ClN2OS. The van der Waals surface area contributed by atoms with Gasteiger partial charge in [-0.15, -0.1) is 6.58 Å². The molecule has 0 atom stereocenters. The molecule has 2 aromatic carbocycles. The summed E-state index contributed by atoms with van der Waals surface area (Å²) < 4.78 is 0. The second kappa shape index (κ2) is 8.59. The van der Waals surface area contributed by atoms with Crippen LogP contribution in [0, 0.1) is 6.92 Å². The Hall–Kier alpha value is -2.30. The maximum Gasteiger partial charge on any atom is 0.283 e. The number of carbonyl (C=O) groups is 1. The van der Waals surface area contributed by atoms with Crippen molar-refractivity contribution >= 4 is 46.2 Å². The molecule has 0 aromatic heterocycles. The first-order valence-electron chi connectivity index (χ1n) is 8.77. The number of benzene rings is 2. The van der Waals surface area contributed by atoms with Crippen molar-refractivity contribution < 1.29 is 4.79 Å². The van der Waals surface area contributed by atoms with Crippen LogP contribution in [0.4, 0.5) is 5.69 Å². The van der Waals surface area contributed by atoms with Crippen LogP contribution in [0.25, 0.3) is 6.08 Å². The summed E-state index contributed by atoms with van der Waals surface area (Å²) in [6.45, 7) is 7.83. The Morgan fingerprint density at radius 3 is 2.59 bits per heavy atom. The first-order chi connectivity index (χ1) is 13.0. The molecule has 0 spiro atoms. The molecule has 27 heavy (non-hydrogen) atoms. The van der Waals surface area contributed by atoms with Crippen LogP contribution in [0.1, 0.15) is 23.6 Å². The summed E-state index contributed by atoms with van der Waals surface area (Å²) in [5.74, 6) is 0.483. The summed E-state index contributed by atoms with van der Waals surface area (Å²) in [6.07, 6.45) is 4.59. The predicted octanol–water partition coefficient (Wildman–Crippen LogP) is 5.87. The zero-order valence-electron chi connectivity index (χ0n) is 15.4. The number of amidine groups is 1. The summed E-state index contributed by atoms with van der Waals surface area (Å²) >= 11 is 7.88. The van der Waals surface area contributed by atoms with Gasteiger partial charge in [0.05, 0.1) is 10.7 Å². The van der Waals surface area contributed by atoms with Crippen molar-refractivity contribution in [3.8, 4) is 0 Å². The van der Waals surface area contributed by atoms with Gasteiger partial charge < -0.3 is 0 Å². The van der Waals surface area contributed by atoms with Crippen molar-refractivity contribution in [2.24, 2.45) is 4.99 Å². The largest absolute Gasteiger partial charge is 0.283 e. The second-order valence-electron chi connectivity index (χ2n) is 6.21. The van der Waals surface area contributed by atoms with Gasteiger partial charge in [-0.05, 0) is 48.2 Å². The van der Waals surface area contributed by atoms with E-state index in [9.17, 15) is 4.79 Å². The van der Waals surface area contributed by atoms with Crippen LogP contribution >= 0.6 is 23.4 Å². The first kappa shape index (κ1) is 19.5. The number of aryl methyl sites for hydroxylation is 2. The summed E-state index contributed by atoms with van der Waals surface area (Å²) in [4.78, 5) is 19.3. The number of rotatable bonds is 5. The highest BCUT2D eigenvalue weighted by Gasteiger charge is 2.32. The fraction of sp³-hybridized carbons (Fsp3) is 0.182. The molecule has 0 bridgehead atoms. The number of anilines is 1. The van der Waals surface area contributed by atoms with Crippen LogP contribution in [-0.2, 0) is 11.2 Å². The van der Waals surface area contributed by atoms with Crippen molar-refractivity contribution in [1.29, 1.82) is 0 Å². The topological polar surface area (TPSA) is 32.7 Å². The van der Waals surface area contributed by atoms with Gasteiger partial charge in [-0.3, -0.25) is 9.69 Å². The molecule has 2 aromatic rings. The van der Waals surface area contributed by atoms with Crippen LogP contribution < -0.4 is 4.90 Å². The third kappa shape index (κ3) is 4.34. The number of hydrogen-bond acceptors (Lipinski definition) is 3. The van der Waals surface area contributed by atoms with E-state index in [1.54, 1.807) is 11.0 Å². The quantitative estimate of drug-likeness (QED) is 0.467. The number of hydrogen-bond donors (Lipinski definition) is 0. The van der Waals surface area contributed by atoms with Gasteiger partial charge in [-0.1, -0.05) is 66.7 Å². The molecule has 0 saturated heterocycles. The number of halogens is 1. The van der Waals surface area contributed by atoms with Gasteiger partial charge in [0, 0.05) is 5.75 Å². The van der Waals surface area contributed by atoms with Crippen molar-refractivity contribution in [2.75, 3.05) is 10.7 Å². The van der Waals surface area contributed by atoms with E-state index in [4.69, 9.17) is 11.6 Å². The Morgan fingerprint density at radius 2 is 1.96 bits per heavy atom. The minimum atomic E-state index is -0.174. The zero-order valence-corrected chi connectivity index (χ0v) is 17.0. The highest BCUT2D eigenvalue weighted by atomic mass is 35.5. The van der Waals surface area contributed by atoms with E-state index in [1.165, 1.54) is 17.3 Å². The minimum Gasteiger partial charge on any atom is -0.266 e. The molecule has 0 aliphatic carbocycles. The van der Waals surface area contributed by atoms with Crippen molar-refractivity contribution in [3.05, 3.63) is 82.5 Å². The highest BCUT2D eigenvalue weighted by Crippen LogP contribution is 2.34. The summed E-state index contributed by atoms with van der Waals surface area (Å²) in [5.41, 5.74) is 4.30. The van der Waals surface area contributed by atoms with Gasteiger partial charge in [-0.2, -0.15) is 0 Å². The van der Waals surface area contributed by atoms with E-state index in [2.05, 4.69) is 30.6 Å². The summed E-state index contributed by atoms with van der Waals surface area (Å²) in [5, 5.41) is 1.14. The van der Waals surface area contributed by atoms with Gasteiger partial charge in [-0.25, -0.2) is 4.99 Å². The van der Waals surface area contributed by atoms with Crippen LogP contribution in [0.2, 0.25) is 5.02 Å². The number of carbonyl (C=O) groups excluding carboxylic acids is 1. The fourth-order valence-electron chi connectivity index (χ4n) is 2.74. The van der Waals surface area contributed by atoms with Crippen LogP contribution in [-0.4, -0.2) is 16.8 Å². The first-order valence-corrected chi connectivity index (χ1v) is 10.1. The van der Waals surface area contributed by atoms with Crippen molar-refractivity contribution in [3.63, 3.8) is 0 Å². The van der Waals surface area contributed by atoms with Crippen LogP contribution in [0.3, 0.4) is 0 Å². The maximum atomic E-state index is 13.1. The third-order valence-electron chi connectivity index (χ3n) is 4.20. The SMILES string of the molecule is C=CCSC1=NC(=Cc2ccc(CC)cc2)C(=O)N1c1ccc(C)cc1Cl. The lowest BCUT2D eigenvalue weighted by molar-refractivity contribution is -0.113. The Labute approximate surface area is 169 Å². The molecule has 0 unspecified atom stereocenters. The normalized spacial score (nSPS) is 15.4. The van der Waals surface area contributed by atoms with Crippen molar-refractivity contribution in [1.82, 2.24) is 0 Å². The Balaban J connectivity index is 1.99. The van der Waals surface area contributed by atoms with Crippen LogP contribution in [0.5, 0.6) is 0 Å². The Kier molecular flexibility index (Phi) is 6.19. The monoisotopic (exact) mass is 396 g/mol. The molecule has 1 amide bonds. The summed E-state index contributed by atoms with van der Waals surface area (Å²) in [7, 11) is 0. The number of amides is 1. The summed E-state index contributed by atoms with van der Waals surface area (Å²) in [6, 6.07) is 13.8. The lowest BCUT2D eigenvalue weighted by atomic mass is 10.1. The number of thioether (sulfide) groups is 1. The number of nitrogens with zero attached hydrogens (tertiary/aromatic N) is 2. The van der Waals surface area contributed by atoms with E-state index in [0.29, 0.717) is 27.3 Å². The molecule has 0 N–H and O–H groups in total. The lowest BCUT2D eigenvalue weighted by Gasteiger charge is -2.19. The zero-order chi connectivity index (χ0) is 19.4. The molecular weight excluding hydrogens is 376 g/mol. The van der Waals surface area contributed by atoms with Gasteiger partial charge in [0.15, 0.2) is 5.17 Å². The second-order valence-corrected chi connectivity index (χ2v) is 7.61. The average Bonchev–Trinajstić information content (AvgIpc) is 2.96.